The normalized spacial score (nSPS) is 10.4. The smallest absolute Gasteiger partial charge is 0.147 e. The third-order valence-electron chi connectivity index (χ3n) is 2.36. The number of aryl methyl sites for hydroxylation is 2. The van der Waals surface area contributed by atoms with E-state index in [0.717, 1.165) is 30.2 Å². The van der Waals surface area contributed by atoms with E-state index in [1.165, 1.54) is 5.56 Å². The molecule has 0 aliphatic rings. The lowest BCUT2D eigenvalue weighted by Gasteiger charge is -2.07. The van der Waals surface area contributed by atoms with Crippen LogP contribution < -0.4 is 5.32 Å². The Morgan fingerprint density at radius 1 is 1.38 bits per heavy atom. The van der Waals surface area contributed by atoms with Crippen LogP contribution in [0.5, 0.6) is 0 Å². The monoisotopic (exact) mass is 233 g/mol. The molecular weight excluding hydrogens is 218 g/mol. The predicted octanol–water partition coefficient (Wildman–Crippen LogP) is 2.81. The maximum atomic E-state index is 4.42. The molecule has 3 nitrogen and oxygen atoms in total. The quantitative estimate of drug-likeness (QED) is 0.882. The summed E-state index contributed by atoms with van der Waals surface area (Å²) in [5, 5.41) is 7.60. The van der Waals surface area contributed by atoms with Crippen molar-refractivity contribution in [2.24, 2.45) is 0 Å². The first kappa shape index (κ1) is 11.1. The minimum atomic E-state index is 0.898. The Balaban J connectivity index is 1.92. The third-order valence-corrected chi connectivity index (χ3v) is 3.09. The van der Waals surface area contributed by atoms with Crippen LogP contribution in [-0.2, 0) is 6.42 Å². The van der Waals surface area contributed by atoms with Gasteiger partial charge in [0, 0.05) is 12.7 Å². The second-order valence-corrected chi connectivity index (χ2v) is 4.53. The molecule has 84 valence electrons. The Morgan fingerprint density at radius 3 is 3.00 bits per heavy atom. The zero-order chi connectivity index (χ0) is 11.4. The van der Waals surface area contributed by atoms with Gasteiger partial charge in [-0.25, -0.2) is 4.98 Å². The summed E-state index contributed by atoms with van der Waals surface area (Å²) in [5.41, 5.74) is 3.27. The molecule has 0 aliphatic carbocycles. The number of rotatable bonds is 4. The molecule has 2 heterocycles. The van der Waals surface area contributed by atoms with Crippen LogP contribution in [0.2, 0.25) is 0 Å². The summed E-state index contributed by atoms with van der Waals surface area (Å²) < 4.78 is 0. The standard InChI is InChI=1S/C12H15N3S/c1-9-7-14-10(2)12(15-9)13-5-3-11-4-6-16-8-11/h4,6-8H,3,5H2,1-2H3,(H,13,15). The number of hydrogen-bond acceptors (Lipinski definition) is 4. The summed E-state index contributed by atoms with van der Waals surface area (Å²) in [7, 11) is 0. The van der Waals surface area contributed by atoms with E-state index < -0.39 is 0 Å². The molecule has 0 aromatic carbocycles. The Labute approximate surface area is 99.6 Å². The van der Waals surface area contributed by atoms with Crippen molar-refractivity contribution in [1.82, 2.24) is 9.97 Å². The largest absolute Gasteiger partial charge is 0.368 e. The van der Waals surface area contributed by atoms with Gasteiger partial charge in [0.25, 0.3) is 0 Å². The minimum Gasteiger partial charge on any atom is -0.368 e. The summed E-state index contributed by atoms with van der Waals surface area (Å²) in [6.07, 6.45) is 2.82. The van der Waals surface area contributed by atoms with Crippen molar-refractivity contribution in [2.75, 3.05) is 11.9 Å². The van der Waals surface area contributed by atoms with Gasteiger partial charge in [-0.2, -0.15) is 11.3 Å². The van der Waals surface area contributed by atoms with Crippen LogP contribution in [0.1, 0.15) is 17.0 Å². The first-order chi connectivity index (χ1) is 7.75. The van der Waals surface area contributed by atoms with Gasteiger partial charge in [-0.3, -0.25) is 4.98 Å². The van der Waals surface area contributed by atoms with Crippen LogP contribution in [0.15, 0.2) is 23.0 Å². The van der Waals surface area contributed by atoms with E-state index in [4.69, 9.17) is 0 Å². The van der Waals surface area contributed by atoms with Crippen molar-refractivity contribution in [2.45, 2.75) is 20.3 Å². The summed E-state index contributed by atoms with van der Waals surface area (Å²) in [5.74, 6) is 0.898. The molecule has 0 unspecified atom stereocenters. The van der Waals surface area contributed by atoms with Crippen molar-refractivity contribution in [3.63, 3.8) is 0 Å². The lowest BCUT2D eigenvalue weighted by Crippen LogP contribution is -2.08. The summed E-state index contributed by atoms with van der Waals surface area (Å²) in [6, 6.07) is 2.15. The van der Waals surface area contributed by atoms with Crippen LogP contribution in [0.25, 0.3) is 0 Å². The number of nitrogens with zero attached hydrogens (tertiary/aromatic N) is 2. The molecule has 4 heteroatoms. The van der Waals surface area contributed by atoms with Crippen LogP contribution in [0, 0.1) is 13.8 Å². The predicted molar refractivity (Wildman–Crippen MR) is 68.0 cm³/mol. The fourth-order valence-corrected chi connectivity index (χ4v) is 2.17. The van der Waals surface area contributed by atoms with Gasteiger partial charge in [0.05, 0.1) is 11.4 Å². The first-order valence-corrected chi connectivity index (χ1v) is 6.25. The van der Waals surface area contributed by atoms with E-state index >= 15 is 0 Å². The van der Waals surface area contributed by atoms with Gasteiger partial charge in [-0.1, -0.05) is 0 Å². The van der Waals surface area contributed by atoms with E-state index in [-0.39, 0.29) is 0 Å². The van der Waals surface area contributed by atoms with Crippen molar-refractivity contribution >= 4 is 17.2 Å². The molecule has 0 spiro atoms. The van der Waals surface area contributed by atoms with Crippen LogP contribution in [0.4, 0.5) is 5.82 Å². The SMILES string of the molecule is Cc1cnc(C)c(NCCc2ccsc2)n1. The number of aromatic nitrogens is 2. The highest BCUT2D eigenvalue weighted by Crippen LogP contribution is 2.10. The Morgan fingerprint density at radius 2 is 2.25 bits per heavy atom. The number of hydrogen-bond donors (Lipinski definition) is 1. The molecule has 16 heavy (non-hydrogen) atoms. The summed E-state index contributed by atoms with van der Waals surface area (Å²) in [6.45, 7) is 4.82. The molecule has 0 aliphatic heterocycles. The minimum absolute atomic E-state index is 0.898. The molecule has 1 N–H and O–H groups in total. The van der Waals surface area contributed by atoms with Gasteiger partial charge in [-0.05, 0) is 42.7 Å². The fourth-order valence-electron chi connectivity index (χ4n) is 1.47. The highest BCUT2D eigenvalue weighted by molar-refractivity contribution is 7.07. The Hall–Kier alpha value is -1.42. The second kappa shape index (κ2) is 5.07. The number of nitrogens with one attached hydrogen (secondary N) is 1. The zero-order valence-electron chi connectivity index (χ0n) is 9.53. The number of anilines is 1. The molecule has 2 rings (SSSR count). The highest BCUT2D eigenvalue weighted by Gasteiger charge is 2.01. The molecule has 0 saturated carbocycles. The fraction of sp³-hybridized carbons (Fsp3) is 0.333. The molecule has 0 amide bonds. The van der Waals surface area contributed by atoms with Crippen LogP contribution >= 0.6 is 11.3 Å². The van der Waals surface area contributed by atoms with Gasteiger partial charge >= 0.3 is 0 Å². The van der Waals surface area contributed by atoms with Gasteiger partial charge in [0.2, 0.25) is 0 Å². The lowest BCUT2D eigenvalue weighted by molar-refractivity contribution is 0.979. The van der Waals surface area contributed by atoms with E-state index in [1.54, 1.807) is 17.5 Å². The number of thiophene rings is 1. The molecule has 0 atom stereocenters. The average molecular weight is 233 g/mol. The maximum Gasteiger partial charge on any atom is 0.147 e. The van der Waals surface area contributed by atoms with Crippen molar-refractivity contribution in [1.29, 1.82) is 0 Å². The van der Waals surface area contributed by atoms with Crippen LogP contribution in [0.3, 0.4) is 0 Å². The topological polar surface area (TPSA) is 37.8 Å². The molecule has 0 saturated heterocycles. The lowest BCUT2D eigenvalue weighted by atomic mass is 10.2. The molecule has 0 fully saturated rings. The van der Waals surface area contributed by atoms with Crippen molar-refractivity contribution < 1.29 is 0 Å². The van der Waals surface area contributed by atoms with E-state index in [1.807, 2.05) is 13.8 Å². The molecule has 2 aromatic heterocycles. The van der Waals surface area contributed by atoms with Gasteiger partial charge < -0.3 is 5.32 Å². The van der Waals surface area contributed by atoms with Crippen molar-refractivity contribution in [3.05, 3.63) is 40.0 Å². The average Bonchev–Trinajstić information content (AvgIpc) is 2.76. The molecule has 0 radical (unpaired) electrons. The van der Waals surface area contributed by atoms with Gasteiger partial charge in [0.1, 0.15) is 5.82 Å². The maximum absolute atomic E-state index is 4.42. The van der Waals surface area contributed by atoms with Gasteiger partial charge in [0.15, 0.2) is 0 Å². The zero-order valence-corrected chi connectivity index (χ0v) is 10.3. The summed E-state index contributed by atoms with van der Waals surface area (Å²) >= 11 is 1.74. The van der Waals surface area contributed by atoms with Crippen LogP contribution in [-0.4, -0.2) is 16.5 Å². The molecule has 2 aromatic rings. The van der Waals surface area contributed by atoms with Crippen molar-refractivity contribution in [3.8, 4) is 0 Å². The van der Waals surface area contributed by atoms with Gasteiger partial charge in [-0.15, -0.1) is 0 Å². The third kappa shape index (κ3) is 2.79. The molecule has 0 bridgehead atoms. The summed E-state index contributed by atoms with van der Waals surface area (Å²) in [4.78, 5) is 8.69. The molecular formula is C12H15N3S. The van der Waals surface area contributed by atoms with E-state index in [9.17, 15) is 0 Å². The first-order valence-electron chi connectivity index (χ1n) is 5.31. The van der Waals surface area contributed by atoms with E-state index in [2.05, 4.69) is 32.1 Å². The second-order valence-electron chi connectivity index (χ2n) is 3.75. The van der Waals surface area contributed by atoms with E-state index in [0.29, 0.717) is 0 Å². The Kier molecular flexibility index (Phi) is 3.51. The highest BCUT2D eigenvalue weighted by atomic mass is 32.1. The Bertz CT molecular complexity index is 451.